The Morgan fingerprint density at radius 2 is 1.85 bits per heavy atom. The van der Waals surface area contributed by atoms with Crippen LogP contribution in [0.3, 0.4) is 0 Å². The van der Waals surface area contributed by atoms with Crippen LogP contribution in [0.2, 0.25) is 0 Å². The second kappa shape index (κ2) is 9.88. The molecule has 1 aliphatic heterocycles. The largest absolute Gasteiger partial charge is 0.497 e. The summed E-state index contributed by atoms with van der Waals surface area (Å²) < 4.78 is 7.36. The molecule has 0 bridgehead atoms. The minimum absolute atomic E-state index is 0.0491. The number of benzene rings is 1. The molecule has 0 radical (unpaired) electrons. The molecule has 0 saturated carbocycles. The maximum Gasteiger partial charge on any atom is 0.255 e. The Bertz CT molecular complexity index is 1140. The fourth-order valence-electron chi connectivity index (χ4n) is 4.42. The normalized spacial score (nSPS) is 15.2. The SMILES string of the molecule is COc1ccc(C(C#N)N2CCN(C(=O)c3cc(C)n(Cc4ccccn4)c3C)CC2)cc1. The maximum absolute atomic E-state index is 13.3. The van der Waals surface area contributed by atoms with Gasteiger partial charge in [0.1, 0.15) is 11.8 Å². The van der Waals surface area contributed by atoms with E-state index in [9.17, 15) is 10.1 Å². The van der Waals surface area contributed by atoms with Gasteiger partial charge >= 0.3 is 0 Å². The monoisotopic (exact) mass is 443 g/mol. The van der Waals surface area contributed by atoms with Crippen LogP contribution in [-0.2, 0) is 6.54 Å². The van der Waals surface area contributed by atoms with Gasteiger partial charge in [0.25, 0.3) is 5.91 Å². The van der Waals surface area contributed by atoms with Gasteiger partial charge in [-0.3, -0.25) is 14.7 Å². The van der Waals surface area contributed by atoms with Crippen LogP contribution in [0, 0.1) is 25.2 Å². The lowest BCUT2D eigenvalue weighted by Crippen LogP contribution is -2.49. The first-order valence-electron chi connectivity index (χ1n) is 11.2. The molecule has 0 N–H and O–H groups in total. The Morgan fingerprint density at radius 1 is 1.12 bits per heavy atom. The molecular weight excluding hydrogens is 414 g/mol. The smallest absolute Gasteiger partial charge is 0.255 e. The summed E-state index contributed by atoms with van der Waals surface area (Å²) in [5.74, 6) is 0.819. The Hall–Kier alpha value is -3.63. The number of hydrogen-bond donors (Lipinski definition) is 0. The summed E-state index contributed by atoms with van der Waals surface area (Å²) >= 11 is 0. The number of methoxy groups -OCH3 is 1. The predicted molar refractivity (Wildman–Crippen MR) is 126 cm³/mol. The molecule has 33 heavy (non-hydrogen) atoms. The number of pyridine rings is 1. The molecule has 3 heterocycles. The van der Waals surface area contributed by atoms with Crippen LogP contribution in [0.5, 0.6) is 5.75 Å². The van der Waals surface area contributed by atoms with Gasteiger partial charge in [-0.05, 0) is 49.7 Å². The van der Waals surface area contributed by atoms with Gasteiger partial charge in [-0.25, -0.2) is 0 Å². The van der Waals surface area contributed by atoms with Gasteiger partial charge in [0, 0.05) is 43.8 Å². The second-order valence-corrected chi connectivity index (χ2v) is 8.32. The fourth-order valence-corrected chi connectivity index (χ4v) is 4.42. The van der Waals surface area contributed by atoms with Crippen LogP contribution in [0.4, 0.5) is 0 Å². The van der Waals surface area contributed by atoms with Crippen molar-refractivity contribution in [3.8, 4) is 11.8 Å². The third kappa shape index (κ3) is 4.76. The zero-order valence-corrected chi connectivity index (χ0v) is 19.4. The van der Waals surface area contributed by atoms with Crippen LogP contribution in [0.1, 0.15) is 39.0 Å². The highest BCUT2D eigenvalue weighted by atomic mass is 16.5. The molecule has 170 valence electrons. The summed E-state index contributed by atoms with van der Waals surface area (Å²) in [4.78, 5) is 21.8. The molecule has 1 aromatic carbocycles. The Balaban J connectivity index is 1.43. The lowest BCUT2D eigenvalue weighted by atomic mass is 10.1. The van der Waals surface area contributed by atoms with E-state index >= 15 is 0 Å². The topological polar surface area (TPSA) is 74.4 Å². The average molecular weight is 444 g/mol. The molecule has 7 heteroatoms. The summed E-state index contributed by atoms with van der Waals surface area (Å²) in [6, 6.07) is 17.5. The molecule has 7 nitrogen and oxygen atoms in total. The Kier molecular flexibility index (Phi) is 6.76. The summed E-state index contributed by atoms with van der Waals surface area (Å²) in [5, 5.41) is 9.79. The number of aromatic nitrogens is 2. The van der Waals surface area contributed by atoms with E-state index in [-0.39, 0.29) is 11.9 Å². The molecule has 3 aromatic rings. The molecule has 1 saturated heterocycles. The summed E-state index contributed by atoms with van der Waals surface area (Å²) in [5.41, 5.74) is 4.65. The van der Waals surface area contributed by atoms with Crippen LogP contribution in [0.25, 0.3) is 0 Å². The first kappa shape index (κ1) is 22.6. The number of rotatable bonds is 6. The van der Waals surface area contributed by atoms with Gasteiger partial charge in [0.05, 0.1) is 31.0 Å². The molecule has 0 spiro atoms. The van der Waals surface area contributed by atoms with Gasteiger partial charge < -0.3 is 14.2 Å². The molecule has 1 unspecified atom stereocenters. The zero-order valence-electron chi connectivity index (χ0n) is 19.4. The van der Waals surface area contributed by atoms with Crippen molar-refractivity contribution < 1.29 is 9.53 Å². The van der Waals surface area contributed by atoms with Crippen LogP contribution < -0.4 is 4.74 Å². The summed E-state index contributed by atoms with van der Waals surface area (Å²) in [6.07, 6.45) is 1.79. The Labute approximate surface area is 194 Å². The van der Waals surface area contributed by atoms with Gasteiger partial charge in [-0.1, -0.05) is 18.2 Å². The summed E-state index contributed by atoms with van der Waals surface area (Å²) in [7, 11) is 1.63. The number of nitriles is 1. The minimum atomic E-state index is -0.336. The first-order valence-corrected chi connectivity index (χ1v) is 11.2. The van der Waals surface area contributed by atoms with Crippen molar-refractivity contribution in [1.29, 1.82) is 5.26 Å². The van der Waals surface area contributed by atoms with Gasteiger partial charge in [-0.15, -0.1) is 0 Å². The second-order valence-electron chi connectivity index (χ2n) is 8.32. The number of carbonyl (C=O) groups is 1. The van der Waals surface area contributed by atoms with Crippen molar-refractivity contribution in [3.63, 3.8) is 0 Å². The van der Waals surface area contributed by atoms with E-state index in [4.69, 9.17) is 4.74 Å². The van der Waals surface area contributed by atoms with E-state index in [1.807, 2.05) is 67.3 Å². The number of ether oxygens (including phenoxy) is 1. The van der Waals surface area contributed by atoms with Gasteiger partial charge in [0.15, 0.2) is 0 Å². The molecule has 1 aliphatic rings. The van der Waals surface area contributed by atoms with Crippen molar-refractivity contribution in [3.05, 3.63) is 82.9 Å². The average Bonchev–Trinajstić information content (AvgIpc) is 3.14. The molecule has 0 aliphatic carbocycles. The highest BCUT2D eigenvalue weighted by Crippen LogP contribution is 2.25. The molecular formula is C26H29N5O2. The van der Waals surface area contributed by atoms with Crippen LogP contribution >= 0.6 is 0 Å². The third-order valence-corrected chi connectivity index (χ3v) is 6.37. The fraction of sp³-hybridized carbons (Fsp3) is 0.346. The lowest BCUT2D eigenvalue weighted by Gasteiger charge is -2.37. The van der Waals surface area contributed by atoms with E-state index in [1.54, 1.807) is 13.3 Å². The molecule has 1 amide bonds. The van der Waals surface area contributed by atoms with Crippen LogP contribution in [0.15, 0.2) is 54.7 Å². The number of piperazine rings is 1. The zero-order chi connectivity index (χ0) is 23.4. The summed E-state index contributed by atoms with van der Waals surface area (Å²) in [6.45, 7) is 7.16. The van der Waals surface area contributed by atoms with Gasteiger partial charge in [0.2, 0.25) is 0 Å². The van der Waals surface area contributed by atoms with E-state index < -0.39 is 0 Å². The number of amides is 1. The highest BCUT2D eigenvalue weighted by molar-refractivity contribution is 5.95. The minimum Gasteiger partial charge on any atom is -0.497 e. The number of nitrogens with zero attached hydrogens (tertiary/aromatic N) is 5. The Morgan fingerprint density at radius 3 is 2.45 bits per heavy atom. The lowest BCUT2D eigenvalue weighted by molar-refractivity contribution is 0.0605. The first-order chi connectivity index (χ1) is 16.0. The number of hydrogen-bond acceptors (Lipinski definition) is 5. The van der Waals surface area contributed by atoms with Crippen molar-refractivity contribution in [2.75, 3.05) is 33.3 Å². The third-order valence-electron chi connectivity index (χ3n) is 6.37. The predicted octanol–water partition coefficient (Wildman–Crippen LogP) is 3.58. The van der Waals surface area contributed by atoms with Crippen molar-refractivity contribution >= 4 is 5.91 Å². The molecule has 2 aromatic heterocycles. The number of aryl methyl sites for hydroxylation is 1. The van der Waals surface area contributed by atoms with Crippen molar-refractivity contribution in [2.24, 2.45) is 0 Å². The standard InChI is InChI=1S/C26H29N5O2/c1-19-16-24(20(2)31(19)18-22-6-4-5-11-28-22)26(32)30-14-12-29(13-15-30)25(17-27)21-7-9-23(33-3)10-8-21/h4-11,16,25H,12-15,18H2,1-3H3. The molecule has 1 fully saturated rings. The molecule has 4 rings (SSSR count). The number of carbonyl (C=O) groups excluding carboxylic acids is 1. The van der Waals surface area contributed by atoms with Crippen molar-refractivity contribution in [2.45, 2.75) is 26.4 Å². The van der Waals surface area contributed by atoms with E-state index in [1.165, 1.54) is 0 Å². The van der Waals surface area contributed by atoms with Crippen LogP contribution in [-0.4, -0.2) is 58.5 Å². The quantitative estimate of drug-likeness (QED) is 0.582. The highest BCUT2D eigenvalue weighted by Gasteiger charge is 2.29. The van der Waals surface area contributed by atoms with Crippen molar-refractivity contribution in [1.82, 2.24) is 19.4 Å². The van der Waals surface area contributed by atoms with E-state index in [2.05, 4.69) is 20.5 Å². The van der Waals surface area contributed by atoms with E-state index in [0.29, 0.717) is 32.7 Å². The maximum atomic E-state index is 13.3. The van der Waals surface area contributed by atoms with Gasteiger partial charge in [-0.2, -0.15) is 5.26 Å². The molecule has 1 atom stereocenters. The van der Waals surface area contributed by atoms with E-state index in [0.717, 1.165) is 34.0 Å².